The van der Waals surface area contributed by atoms with Crippen molar-refractivity contribution in [3.05, 3.63) is 69.3 Å². The molecule has 1 unspecified atom stereocenters. The number of benzene rings is 2. The molecule has 19 heavy (non-hydrogen) atoms. The van der Waals surface area contributed by atoms with Crippen LogP contribution in [0.15, 0.2) is 57.4 Å². The van der Waals surface area contributed by atoms with E-state index in [-0.39, 0.29) is 0 Å². The first kappa shape index (κ1) is 12.7. The second-order valence-electron chi connectivity index (χ2n) is 4.25. The van der Waals surface area contributed by atoms with Crippen LogP contribution in [0.4, 0.5) is 0 Å². The first-order chi connectivity index (χ1) is 9.15. The molecule has 1 atom stereocenters. The number of aliphatic hydroxyl groups excluding tert-OH is 1. The molecule has 0 aliphatic rings. The number of aliphatic hydroxyl groups is 1. The van der Waals surface area contributed by atoms with Crippen LogP contribution >= 0.6 is 27.5 Å². The van der Waals surface area contributed by atoms with E-state index in [0.717, 1.165) is 21.0 Å². The Labute approximate surface area is 123 Å². The van der Waals surface area contributed by atoms with Gasteiger partial charge in [0.2, 0.25) is 0 Å². The van der Waals surface area contributed by atoms with Gasteiger partial charge in [-0.05, 0) is 24.3 Å². The standard InChI is InChI=1S/C15H10BrClO2/c16-12-8-10(17)5-6-11(12)15(18)14-7-9-3-1-2-4-13(9)19-14/h1-8,15,18H. The van der Waals surface area contributed by atoms with Crippen LogP contribution in [0.2, 0.25) is 5.02 Å². The molecule has 3 rings (SSSR count). The van der Waals surface area contributed by atoms with E-state index < -0.39 is 6.10 Å². The predicted octanol–water partition coefficient (Wildman–Crippen LogP) is 4.93. The molecule has 0 amide bonds. The van der Waals surface area contributed by atoms with Gasteiger partial charge in [0, 0.05) is 20.4 Å². The lowest BCUT2D eigenvalue weighted by Gasteiger charge is -2.10. The molecule has 0 bridgehead atoms. The Morgan fingerprint density at radius 3 is 2.63 bits per heavy atom. The average Bonchev–Trinajstić information content (AvgIpc) is 2.81. The minimum atomic E-state index is -0.820. The molecule has 0 aliphatic carbocycles. The Hall–Kier alpha value is -1.29. The highest BCUT2D eigenvalue weighted by molar-refractivity contribution is 9.10. The van der Waals surface area contributed by atoms with E-state index in [1.807, 2.05) is 30.3 Å². The largest absolute Gasteiger partial charge is 0.458 e. The van der Waals surface area contributed by atoms with Crippen molar-refractivity contribution in [2.75, 3.05) is 0 Å². The highest BCUT2D eigenvalue weighted by Crippen LogP contribution is 2.33. The average molecular weight is 338 g/mol. The van der Waals surface area contributed by atoms with Gasteiger partial charge >= 0.3 is 0 Å². The van der Waals surface area contributed by atoms with Gasteiger partial charge in [0.25, 0.3) is 0 Å². The Morgan fingerprint density at radius 1 is 1.11 bits per heavy atom. The van der Waals surface area contributed by atoms with Gasteiger partial charge in [0.15, 0.2) is 0 Å². The van der Waals surface area contributed by atoms with Gasteiger partial charge in [-0.2, -0.15) is 0 Å². The lowest BCUT2D eigenvalue weighted by atomic mass is 10.1. The summed E-state index contributed by atoms with van der Waals surface area (Å²) < 4.78 is 6.42. The zero-order valence-electron chi connectivity index (χ0n) is 9.81. The van der Waals surface area contributed by atoms with Crippen molar-refractivity contribution in [1.29, 1.82) is 0 Å². The molecule has 2 nitrogen and oxygen atoms in total. The van der Waals surface area contributed by atoms with Gasteiger partial charge in [-0.15, -0.1) is 0 Å². The third-order valence-electron chi connectivity index (χ3n) is 2.97. The van der Waals surface area contributed by atoms with Crippen LogP contribution < -0.4 is 0 Å². The summed E-state index contributed by atoms with van der Waals surface area (Å²) in [7, 11) is 0. The smallest absolute Gasteiger partial charge is 0.138 e. The van der Waals surface area contributed by atoms with Crippen LogP contribution in [0.1, 0.15) is 17.4 Å². The van der Waals surface area contributed by atoms with Crippen LogP contribution in [-0.4, -0.2) is 5.11 Å². The Morgan fingerprint density at radius 2 is 1.89 bits per heavy atom. The summed E-state index contributed by atoms with van der Waals surface area (Å²) in [5.74, 6) is 0.518. The molecule has 0 fully saturated rings. The van der Waals surface area contributed by atoms with E-state index in [9.17, 15) is 5.11 Å². The summed E-state index contributed by atoms with van der Waals surface area (Å²) in [4.78, 5) is 0. The van der Waals surface area contributed by atoms with Gasteiger partial charge in [-0.25, -0.2) is 0 Å². The second kappa shape index (κ2) is 5.00. The molecule has 3 aromatic rings. The molecule has 0 saturated carbocycles. The quantitative estimate of drug-likeness (QED) is 0.719. The summed E-state index contributed by atoms with van der Waals surface area (Å²) in [6.45, 7) is 0. The van der Waals surface area contributed by atoms with Crippen LogP contribution in [0.25, 0.3) is 11.0 Å². The van der Waals surface area contributed by atoms with E-state index in [1.165, 1.54) is 0 Å². The number of furan rings is 1. The second-order valence-corrected chi connectivity index (χ2v) is 5.55. The van der Waals surface area contributed by atoms with Gasteiger partial charge in [0.1, 0.15) is 17.4 Å². The fourth-order valence-corrected chi connectivity index (χ4v) is 2.91. The maximum absolute atomic E-state index is 10.4. The monoisotopic (exact) mass is 336 g/mol. The fraction of sp³-hybridized carbons (Fsp3) is 0.0667. The summed E-state index contributed by atoms with van der Waals surface area (Å²) in [5.41, 5.74) is 1.49. The highest BCUT2D eigenvalue weighted by atomic mass is 79.9. The molecular weight excluding hydrogens is 328 g/mol. The van der Waals surface area contributed by atoms with Gasteiger partial charge in [0.05, 0.1) is 0 Å². The molecule has 0 aliphatic heterocycles. The van der Waals surface area contributed by atoms with Crippen molar-refractivity contribution in [2.45, 2.75) is 6.10 Å². The normalized spacial score (nSPS) is 12.8. The van der Waals surface area contributed by atoms with Crippen LogP contribution in [0.5, 0.6) is 0 Å². The Kier molecular flexibility index (Phi) is 3.35. The Balaban J connectivity index is 2.05. The molecular formula is C15H10BrClO2. The maximum Gasteiger partial charge on any atom is 0.138 e. The number of para-hydroxylation sites is 1. The molecule has 0 radical (unpaired) electrons. The van der Waals surface area contributed by atoms with E-state index in [0.29, 0.717) is 10.8 Å². The fourth-order valence-electron chi connectivity index (χ4n) is 2.01. The molecule has 2 aromatic carbocycles. The summed E-state index contributed by atoms with van der Waals surface area (Å²) >= 11 is 9.30. The molecule has 1 N–H and O–H groups in total. The first-order valence-electron chi connectivity index (χ1n) is 5.76. The number of fused-ring (bicyclic) bond motifs is 1. The third-order valence-corrected chi connectivity index (χ3v) is 3.89. The number of rotatable bonds is 2. The third kappa shape index (κ3) is 2.41. The molecule has 1 heterocycles. The van der Waals surface area contributed by atoms with Gasteiger partial charge in [-0.1, -0.05) is 51.8 Å². The zero-order valence-corrected chi connectivity index (χ0v) is 12.1. The van der Waals surface area contributed by atoms with Crippen molar-refractivity contribution in [3.8, 4) is 0 Å². The predicted molar refractivity (Wildman–Crippen MR) is 79.4 cm³/mol. The highest BCUT2D eigenvalue weighted by Gasteiger charge is 2.18. The van der Waals surface area contributed by atoms with E-state index in [1.54, 1.807) is 18.2 Å². The number of hydrogen-bond acceptors (Lipinski definition) is 2. The zero-order chi connectivity index (χ0) is 13.4. The van der Waals surface area contributed by atoms with E-state index >= 15 is 0 Å². The summed E-state index contributed by atoms with van der Waals surface area (Å²) in [6.07, 6.45) is -0.820. The Bertz CT molecular complexity index is 703. The lowest BCUT2D eigenvalue weighted by molar-refractivity contribution is 0.191. The van der Waals surface area contributed by atoms with Crippen molar-refractivity contribution in [2.24, 2.45) is 0 Å². The van der Waals surface area contributed by atoms with Crippen molar-refractivity contribution < 1.29 is 9.52 Å². The van der Waals surface area contributed by atoms with E-state index in [2.05, 4.69) is 15.9 Å². The molecule has 96 valence electrons. The first-order valence-corrected chi connectivity index (χ1v) is 6.94. The molecule has 0 spiro atoms. The maximum atomic E-state index is 10.4. The van der Waals surface area contributed by atoms with Gasteiger partial charge in [-0.3, -0.25) is 0 Å². The number of hydrogen-bond donors (Lipinski definition) is 1. The van der Waals surface area contributed by atoms with E-state index in [4.69, 9.17) is 16.0 Å². The molecule has 0 saturated heterocycles. The van der Waals surface area contributed by atoms with Gasteiger partial charge < -0.3 is 9.52 Å². The number of halogens is 2. The lowest BCUT2D eigenvalue weighted by Crippen LogP contribution is -1.98. The molecule has 4 heteroatoms. The van der Waals surface area contributed by atoms with Crippen LogP contribution in [0.3, 0.4) is 0 Å². The molecule has 1 aromatic heterocycles. The van der Waals surface area contributed by atoms with Crippen molar-refractivity contribution in [1.82, 2.24) is 0 Å². The van der Waals surface area contributed by atoms with Crippen LogP contribution in [0, 0.1) is 0 Å². The SMILES string of the molecule is OC(c1cc2ccccc2o1)c1ccc(Cl)cc1Br. The minimum absolute atomic E-state index is 0.518. The topological polar surface area (TPSA) is 33.4 Å². The van der Waals surface area contributed by atoms with Crippen LogP contribution in [-0.2, 0) is 0 Å². The van der Waals surface area contributed by atoms with Crippen molar-refractivity contribution >= 4 is 38.5 Å². The summed E-state index contributed by atoms with van der Waals surface area (Å²) in [6, 6.07) is 14.8. The summed E-state index contributed by atoms with van der Waals surface area (Å²) in [5, 5.41) is 12.0. The minimum Gasteiger partial charge on any atom is -0.458 e. The van der Waals surface area contributed by atoms with Crippen molar-refractivity contribution in [3.63, 3.8) is 0 Å².